The van der Waals surface area contributed by atoms with Crippen molar-refractivity contribution in [2.24, 2.45) is 0 Å². The largest absolute Gasteiger partial charge is 0.304 e. The van der Waals surface area contributed by atoms with Gasteiger partial charge in [0.25, 0.3) is 5.56 Å². The van der Waals surface area contributed by atoms with Crippen LogP contribution < -0.4 is 5.56 Å². The first-order chi connectivity index (χ1) is 14.2. The molecule has 0 saturated carbocycles. The first-order valence-corrected chi connectivity index (χ1v) is 10.0. The van der Waals surface area contributed by atoms with E-state index in [1.54, 1.807) is 10.7 Å². The van der Waals surface area contributed by atoms with Gasteiger partial charge in [-0.2, -0.15) is 10.2 Å². The minimum atomic E-state index is -0.0493. The van der Waals surface area contributed by atoms with Crippen molar-refractivity contribution in [3.8, 4) is 22.5 Å². The van der Waals surface area contributed by atoms with Crippen LogP contribution in [0, 0.1) is 0 Å². The molecule has 3 aromatic heterocycles. The van der Waals surface area contributed by atoms with Gasteiger partial charge in [-0.05, 0) is 44.6 Å². The minimum Gasteiger partial charge on any atom is -0.304 e. The Balaban J connectivity index is 1.70. The van der Waals surface area contributed by atoms with Gasteiger partial charge >= 0.3 is 0 Å². The summed E-state index contributed by atoms with van der Waals surface area (Å²) in [4.78, 5) is 14.9. The highest BCUT2D eigenvalue weighted by Gasteiger charge is 2.23. The standard InChI is InChI=1S/C23H23N5O/c1-26-14-7-10-18(16-26)28-21(29)13-12-19(24-28)22-20-11-5-6-15-27(20)25-23(22)17-8-3-2-4-9-17/h2-6,8-9,11-13,15,18H,7,10,14,16H2,1H3. The second-order valence-electron chi connectivity index (χ2n) is 7.68. The average Bonchev–Trinajstić information content (AvgIpc) is 3.14. The van der Waals surface area contributed by atoms with E-state index >= 15 is 0 Å². The van der Waals surface area contributed by atoms with Crippen molar-refractivity contribution < 1.29 is 0 Å². The summed E-state index contributed by atoms with van der Waals surface area (Å²) >= 11 is 0. The molecule has 6 heteroatoms. The lowest BCUT2D eigenvalue weighted by Gasteiger charge is -2.30. The normalized spacial score (nSPS) is 17.6. The summed E-state index contributed by atoms with van der Waals surface area (Å²) in [6.45, 7) is 1.91. The van der Waals surface area contributed by atoms with Crippen LogP contribution >= 0.6 is 0 Å². The van der Waals surface area contributed by atoms with Gasteiger partial charge in [0.2, 0.25) is 0 Å². The zero-order valence-electron chi connectivity index (χ0n) is 16.4. The Labute approximate surface area is 169 Å². The van der Waals surface area contributed by atoms with Crippen molar-refractivity contribution in [3.05, 3.63) is 77.2 Å². The van der Waals surface area contributed by atoms with E-state index in [1.165, 1.54) is 0 Å². The monoisotopic (exact) mass is 385 g/mol. The molecule has 4 aromatic rings. The van der Waals surface area contributed by atoms with Gasteiger partial charge in [-0.3, -0.25) is 4.79 Å². The van der Waals surface area contributed by atoms with Crippen LogP contribution in [0.15, 0.2) is 71.7 Å². The molecule has 1 saturated heterocycles. The second kappa shape index (κ2) is 7.29. The van der Waals surface area contributed by atoms with Crippen LogP contribution in [0.2, 0.25) is 0 Å². The van der Waals surface area contributed by atoms with E-state index in [1.807, 2.05) is 53.2 Å². The number of hydrogen-bond acceptors (Lipinski definition) is 4. The van der Waals surface area contributed by atoms with Crippen molar-refractivity contribution in [3.63, 3.8) is 0 Å². The molecule has 1 unspecified atom stereocenters. The summed E-state index contributed by atoms with van der Waals surface area (Å²) in [7, 11) is 2.10. The third-order valence-electron chi connectivity index (χ3n) is 5.61. The van der Waals surface area contributed by atoms with E-state index in [4.69, 9.17) is 10.2 Å². The molecule has 1 aliphatic rings. The Hall–Kier alpha value is -3.25. The fourth-order valence-corrected chi connectivity index (χ4v) is 4.21. The molecular weight excluding hydrogens is 362 g/mol. The van der Waals surface area contributed by atoms with E-state index in [-0.39, 0.29) is 11.6 Å². The molecule has 0 aliphatic carbocycles. The molecule has 0 amide bonds. The van der Waals surface area contributed by atoms with E-state index in [2.05, 4.69) is 24.1 Å². The molecule has 6 nitrogen and oxygen atoms in total. The maximum absolute atomic E-state index is 12.6. The third kappa shape index (κ3) is 3.25. The van der Waals surface area contributed by atoms with Crippen molar-refractivity contribution >= 4 is 5.52 Å². The minimum absolute atomic E-state index is 0.0493. The lowest BCUT2D eigenvalue weighted by molar-refractivity contribution is 0.198. The SMILES string of the molecule is CN1CCCC(n2nc(-c3c(-c4ccccc4)nn4ccccc34)ccc2=O)C1. The maximum Gasteiger partial charge on any atom is 0.267 e. The summed E-state index contributed by atoms with van der Waals surface area (Å²) in [6.07, 6.45) is 3.99. The van der Waals surface area contributed by atoms with Crippen LogP contribution in [0.25, 0.3) is 28.0 Å². The van der Waals surface area contributed by atoms with Gasteiger partial charge in [-0.15, -0.1) is 0 Å². The summed E-state index contributed by atoms with van der Waals surface area (Å²) < 4.78 is 3.55. The fourth-order valence-electron chi connectivity index (χ4n) is 4.21. The number of pyridine rings is 1. The zero-order chi connectivity index (χ0) is 19.8. The summed E-state index contributed by atoms with van der Waals surface area (Å²) in [5.41, 5.74) is 4.56. The number of benzene rings is 1. The van der Waals surface area contributed by atoms with Gasteiger partial charge in [0.05, 0.1) is 22.8 Å². The molecule has 1 atom stereocenters. The maximum atomic E-state index is 12.6. The van der Waals surface area contributed by atoms with Gasteiger partial charge in [0, 0.05) is 24.4 Å². The number of aromatic nitrogens is 4. The molecule has 1 aliphatic heterocycles. The number of rotatable bonds is 3. The Bertz CT molecular complexity index is 1210. The van der Waals surface area contributed by atoms with Gasteiger partial charge < -0.3 is 4.90 Å². The fraction of sp³-hybridized carbons (Fsp3) is 0.261. The molecule has 1 fully saturated rings. The predicted octanol–water partition coefficient (Wildman–Crippen LogP) is 3.49. The predicted molar refractivity (Wildman–Crippen MR) is 114 cm³/mol. The average molecular weight is 385 g/mol. The Kier molecular flexibility index (Phi) is 4.48. The van der Waals surface area contributed by atoms with Gasteiger partial charge in [0.15, 0.2) is 0 Å². The number of likely N-dealkylation sites (N-methyl/N-ethyl adjacent to an activating group) is 1. The van der Waals surface area contributed by atoms with Gasteiger partial charge in [-0.1, -0.05) is 36.4 Å². The quantitative estimate of drug-likeness (QED) is 0.542. The van der Waals surface area contributed by atoms with Crippen molar-refractivity contribution in [1.82, 2.24) is 24.3 Å². The van der Waals surface area contributed by atoms with E-state index in [9.17, 15) is 4.79 Å². The number of nitrogens with zero attached hydrogens (tertiary/aromatic N) is 5. The van der Waals surface area contributed by atoms with Crippen LogP contribution in [0.4, 0.5) is 0 Å². The Morgan fingerprint density at radius 1 is 0.966 bits per heavy atom. The van der Waals surface area contributed by atoms with Crippen molar-refractivity contribution in [2.75, 3.05) is 20.1 Å². The molecule has 0 radical (unpaired) electrons. The highest BCUT2D eigenvalue weighted by Crippen LogP contribution is 2.33. The summed E-state index contributed by atoms with van der Waals surface area (Å²) in [5.74, 6) is 0. The number of hydrogen-bond donors (Lipinski definition) is 0. The lowest BCUT2D eigenvalue weighted by Crippen LogP contribution is -2.38. The van der Waals surface area contributed by atoms with Crippen LogP contribution in [0.1, 0.15) is 18.9 Å². The molecular formula is C23H23N5O. The molecule has 0 spiro atoms. The van der Waals surface area contributed by atoms with E-state index < -0.39 is 0 Å². The highest BCUT2D eigenvalue weighted by atomic mass is 16.1. The number of fused-ring (bicyclic) bond motifs is 1. The van der Waals surface area contributed by atoms with Gasteiger partial charge in [-0.25, -0.2) is 9.20 Å². The zero-order valence-corrected chi connectivity index (χ0v) is 16.4. The first kappa shape index (κ1) is 17.8. The molecule has 1 aromatic carbocycles. The molecule has 5 rings (SSSR count). The highest BCUT2D eigenvalue weighted by molar-refractivity contribution is 5.90. The van der Waals surface area contributed by atoms with Crippen LogP contribution in [-0.2, 0) is 0 Å². The van der Waals surface area contributed by atoms with Crippen molar-refractivity contribution in [2.45, 2.75) is 18.9 Å². The first-order valence-electron chi connectivity index (χ1n) is 10.0. The van der Waals surface area contributed by atoms with Gasteiger partial charge in [0.1, 0.15) is 5.69 Å². The Morgan fingerprint density at radius 2 is 1.79 bits per heavy atom. The molecule has 0 N–H and O–H groups in total. The Morgan fingerprint density at radius 3 is 2.62 bits per heavy atom. The second-order valence-corrected chi connectivity index (χ2v) is 7.68. The third-order valence-corrected chi connectivity index (χ3v) is 5.61. The van der Waals surface area contributed by atoms with Crippen LogP contribution in [0.5, 0.6) is 0 Å². The summed E-state index contributed by atoms with van der Waals surface area (Å²) in [5, 5.41) is 9.65. The number of likely N-dealkylation sites (tertiary alicyclic amines) is 1. The van der Waals surface area contributed by atoms with E-state index in [0.29, 0.717) is 0 Å². The topological polar surface area (TPSA) is 55.4 Å². The molecule has 146 valence electrons. The molecule has 29 heavy (non-hydrogen) atoms. The smallest absolute Gasteiger partial charge is 0.267 e. The van der Waals surface area contributed by atoms with E-state index in [0.717, 1.165) is 54.0 Å². The van der Waals surface area contributed by atoms with Crippen LogP contribution in [-0.4, -0.2) is 44.4 Å². The van der Waals surface area contributed by atoms with Crippen LogP contribution in [0.3, 0.4) is 0 Å². The van der Waals surface area contributed by atoms with Crippen molar-refractivity contribution in [1.29, 1.82) is 0 Å². The molecule has 0 bridgehead atoms. The number of piperidine rings is 1. The summed E-state index contributed by atoms with van der Waals surface area (Å²) in [6, 6.07) is 19.7. The lowest BCUT2D eigenvalue weighted by atomic mass is 10.0. The molecule has 4 heterocycles.